The Morgan fingerprint density at radius 1 is 1.24 bits per heavy atom. The van der Waals surface area contributed by atoms with Crippen molar-refractivity contribution in [2.75, 3.05) is 6.54 Å². The summed E-state index contributed by atoms with van der Waals surface area (Å²) in [5.41, 5.74) is 1.02. The largest absolute Gasteiger partial charge is 0.487 e. The predicted octanol–water partition coefficient (Wildman–Crippen LogP) is 4.97. The van der Waals surface area contributed by atoms with Crippen LogP contribution in [0.25, 0.3) is 0 Å². The molecule has 1 heterocycles. The molecule has 0 saturated heterocycles. The minimum absolute atomic E-state index is 0.421. The topological polar surface area (TPSA) is 34.4 Å². The standard InChI is InChI=1S/C16H19Cl2NO2/c1-3-6-19-9-14-7-12(11(2)21-14)10-20-16-5-4-13(17)8-15(16)18/h4-5,7-8,19H,3,6,9-10H2,1-2H3. The summed E-state index contributed by atoms with van der Waals surface area (Å²) in [6.07, 6.45) is 1.10. The SMILES string of the molecule is CCCNCc1cc(COc2ccc(Cl)cc2Cl)c(C)o1. The third kappa shape index (κ3) is 4.67. The minimum Gasteiger partial charge on any atom is -0.487 e. The van der Waals surface area contributed by atoms with Crippen LogP contribution in [0.15, 0.2) is 28.7 Å². The molecule has 1 aromatic heterocycles. The second-order valence-electron chi connectivity index (χ2n) is 4.83. The van der Waals surface area contributed by atoms with E-state index < -0.39 is 0 Å². The fourth-order valence-corrected chi connectivity index (χ4v) is 2.42. The Morgan fingerprint density at radius 2 is 2.05 bits per heavy atom. The van der Waals surface area contributed by atoms with Gasteiger partial charge in [0, 0.05) is 10.6 Å². The summed E-state index contributed by atoms with van der Waals surface area (Å²) in [5, 5.41) is 4.41. The van der Waals surface area contributed by atoms with Crippen molar-refractivity contribution in [2.45, 2.75) is 33.4 Å². The molecule has 0 saturated carbocycles. The van der Waals surface area contributed by atoms with Gasteiger partial charge in [0.15, 0.2) is 0 Å². The third-order valence-corrected chi connectivity index (χ3v) is 3.61. The molecule has 0 aliphatic carbocycles. The van der Waals surface area contributed by atoms with Gasteiger partial charge in [0.25, 0.3) is 0 Å². The van der Waals surface area contributed by atoms with E-state index in [0.717, 1.165) is 36.6 Å². The number of nitrogens with one attached hydrogen (secondary N) is 1. The number of ether oxygens (including phenoxy) is 1. The summed E-state index contributed by atoms with van der Waals surface area (Å²) < 4.78 is 11.4. The monoisotopic (exact) mass is 327 g/mol. The van der Waals surface area contributed by atoms with E-state index >= 15 is 0 Å². The minimum atomic E-state index is 0.421. The van der Waals surface area contributed by atoms with Crippen LogP contribution >= 0.6 is 23.2 Å². The molecular weight excluding hydrogens is 309 g/mol. The van der Waals surface area contributed by atoms with Crippen LogP contribution in [0.3, 0.4) is 0 Å². The molecule has 0 aliphatic heterocycles. The highest BCUT2D eigenvalue weighted by Gasteiger charge is 2.09. The Morgan fingerprint density at radius 3 is 2.76 bits per heavy atom. The van der Waals surface area contributed by atoms with Crippen LogP contribution in [0.1, 0.15) is 30.4 Å². The van der Waals surface area contributed by atoms with Crippen molar-refractivity contribution in [3.8, 4) is 5.75 Å². The van der Waals surface area contributed by atoms with Crippen LogP contribution < -0.4 is 10.1 Å². The summed E-state index contributed by atoms with van der Waals surface area (Å²) in [4.78, 5) is 0. The zero-order chi connectivity index (χ0) is 15.2. The van der Waals surface area contributed by atoms with Gasteiger partial charge in [0.2, 0.25) is 0 Å². The molecule has 114 valence electrons. The Kier molecular flexibility index (Phi) is 5.97. The summed E-state index contributed by atoms with van der Waals surface area (Å²) in [7, 11) is 0. The number of rotatable bonds is 7. The Labute approximate surface area is 135 Å². The van der Waals surface area contributed by atoms with E-state index in [2.05, 4.69) is 12.2 Å². The first kappa shape index (κ1) is 16.2. The molecule has 5 heteroatoms. The van der Waals surface area contributed by atoms with Crippen LogP contribution in [-0.4, -0.2) is 6.54 Å². The van der Waals surface area contributed by atoms with Gasteiger partial charge in [0.05, 0.1) is 11.6 Å². The lowest BCUT2D eigenvalue weighted by Crippen LogP contribution is -2.13. The van der Waals surface area contributed by atoms with E-state index in [9.17, 15) is 0 Å². The molecule has 21 heavy (non-hydrogen) atoms. The predicted molar refractivity (Wildman–Crippen MR) is 86.2 cm³/mol. The van der Waals surface area contributed by atoms with Crippen LogP contribution in [0.5, 0.6) is 5.75 Å². The average molecular weight is 328 g/mol. The summed E-state index contributed by atoms with van der Waals surface area (Å²) >= 11 is 11.9. The molecule has 0 spiro atoms. The zero-order valence-electron chi connectivity index (χ0n) is 12.2. The van der Waals surface area contributed by atoms with Crippen LogP contribution in [0.4, 0.5) is 0 Å². The lowest BCUT2D eigenvalue weighted by Gasteiger charge is -2.07. The quantitative estimate of drug-likeness (QED) is 0.729. The number of aryl methyl sites for hydroxylation is 1. The average Bonchev–Trinajstić information content (AvgIpc) is 2.79. The molecule has 2 rings (SSSR count). The van der Waals surface area contributed by atoms with E-state index in [1.54, 1.807) is 18.2 Å². The number of hydrogen-bond acceptors (Lipinski definition) is 3. The lowest BCUT2D eigenvalue weighted by atomic mass is 10.2. The van der Waals surface area contributed by atoms with Gasteiger partial charge in [-0.2, -0.15) is 0 Å². The van der Waals surface area contributed by atoms with Crippen LogP contribution in [0.2, 0.25) is 10.0 Å². The van der Waals surface area contributed by atoms with Crippen molar-refractivity contribution >= 4 is 23.2 Å². The van der Waals surface area contributed by atoms with Crippen molar-refractivity contribution in [3.05, 3.63) is 51.4 Å². The number of halogens is 2. The second kappa shape index (κ2) is 7.74. The maximum atomic E-state index is 6.08. The maximum absolute atomic E-state index is 6.08. The maximum Gasteiger partial charge on any atom is 0.138 e. The molecule has 1 aromatic carbocycles. The highest BCUT2D eigenvalue weighted by atomic mass is 35.5. The zero-order valence-corrected chi connectivity index (χ0v) is 13.7. The first-order valence-electron chi connectivity index (χ1n) is 6.97. The fourth-order valence-electron chi connectivity index (χ4n) is 1.95. The number of furan rings is 1. The Hall–Kier alpha value is -1.16. The molecule has 0 amide bonds. The van der Waals surface area contributed by atoms with Crippen LogP contribution in [0, 0.1) is 6.92 Å². The first-order valence-corrected chi connectivity index (χ1v) is 7.72. The van der Waals surface area contributed by atoms with Crippen molar-refractivity contribution in [1.29, 1.82) is 0 Å². The molecule has 0 bridgehead atoms. The Balaban J connectivity index is 1.96. The second-order valence-corrected chi connectivity index (χ2v) is 5.68. The van der Waals surface area contributed by atoms with Gasteiger partial charge in [0.1, 0.15) is 23.9 Å². The fraction of sp³-hybridized carbons (Fsp3) is 0.375. The lowest BCUT2D eigenvalue weighted by molar-refractivity contribution is 0.303. The van der Waals surface area contributed by atoms with Crippen molar-refractivity contribution in [3.63, 3.8) is 0 Å². The van der Waals surface area contributed by atoms with Crippen LogP contribution in [-0.2, 0) is 13.2 Å². The first-order chi connectivity index (χ1) is 10.1. The molecule has 0 fully saturated rings. The molecule has 3 nitrogen and oxygen atoms in total. The van der Waals surface area contributed by atoms with Crippen molar-refractivity contribution in [2.24, 2.45) is 0 Å². The third-order valence-electron chi connectivity index (χ3n) is 3.07. The molecule has 0 aliphatic rings. The Bertz CT molecular complexity index is 596. The summed E-state index contributed by atoms with van der Waals surface area (Å²) in [6.45, 7) is 6.20. The summed E-state index contributed by atoms with van der Waals surface area (Å²) in [5.74, 6) is 2.41. The number of benzene rings is 1. The molecule has 0 unspecified atom stereocenters. The summed E-state index contributed by atoms with van der Waals surface area (Å²) in [6, 6.07) is 7.21. The van der Waals surface area contributed by atoms with Gasteiger partial charge in [-0.1, -0.05) is 30.1 Å². The normalized spacial score (nSPS) is 10.9. The van der Waals surface area contributed by atoms with E-state index in [1.807, 2.05) is 13.0 Å². The van der Waals surface area contributed by atoms with E-state index in [-0.39, 0.29) is 0 Å². The molecular formula is C16H19Cl2NO2. The van der Waals surface area contributed by atoms with E-state index in [1.165, 1.54) is 0 Å². The van der Waals surface area contributed by atoms with Crippen molar-refractivity contribution < 1.29 is 9.15 Å². The smallest absolute Gasteiger partial charge is 0.138 e. The molecule has 1 N–H and O–H groups in total. The molecule has 2 aromatic rings. The molecule has 0 radical (unpaired) electrons. The van der Waals surface area contributed by atoms with Gasteiger partial charge in [-0.3, -0.25) is 0 Å². The van der Waals surface area contributed by atoms with Gasteiger partial charge in [-0.05, 0) is 44.2 Å². The molecule has 0 atom stereocenters. The van der Waals surface area contributed by atoms with Crippen molar-refractivity contribution in [1.82, 2.24) is 5.32 Å². The van der Waals surface area contributed by atoms with Gasteiger partial charge in [-0.25, -0.2) is 0 Å². The van der Waals surface area contributed by atoms with Gasteiger partial charge >= 0.3 is 0 Å². The number of hydrogen-bond donors (Lipinski definition) is 1. The van der Waals surface area contributed by atoms with Gasteiger partial charge in [-0.15, -0.1) is 0 Å². The highest BCUT2D eigenvalue weighted by molar-refractivity contribution is 6.35. The van der Waals surface area contributed by atoms with Gasteiger partial charge < -0.3 is 14.5 Å². The van der Waals surface area contributed by atoms with E-state index in [0.29, 0.717) is 22.4 Å². The van der Waals surface area contributed by atoms with E-state index in [4.69, 9.17) is 32.4 Å². The highest BCUT2D eigenvalue weighted by Crippen LogP contribution is 2.28.